The molecule has 0 spiro atoms. The number of fused-ring (bicyclic) bond motifs is 1. The minimum atomic E-state index is 0.340. The molecule has 0 N–H and O–H groups in total. The molecule has 1 nitrogen and oxygen atoms in total. The van der Waals surface area contributed by atoms with E-state index in [1.807, 2.05) is 0 Å². The highest BCUT2D eigenvalue weighted by Crippen LogP contribution is 2.45. The molecule has 0 radical (unpaired) electrons. The summed E-state index contributed by atoms with van der Waals surface area (Å²) in [5.74, 6) is 2.79. The minimum Gasteiger partial charge on any atom is -0.299 e. The lowest BCUT2D eigenvalue weighted by Gasteiger charge is -2.42. The third-order valence-electron chi connectivity index (χ3n) is 4.40. The second-order valence-electron chi connectivity index (χ2n) is 5.44. The Kier molecular flexibility index (Phi) is 2.99. The molecule has 0 saturated heterocycles. The van der Waals surface area contributed by atoms with Gasteiger partial charge in [0.2, 0.25) is 0 Å². The van der Waals surface area contributed by atoms with Gasteiger partial charge in [-0.25, -0.2) is 0 Å². The van der Waals surface area contributed by atoms with Gasteiger partial charge in [-0.05, 0) is 37.5 Å². The van der Waals surface area contributed by atoms with Gasteiger partial charge in [-0.15, -0.1) is 0 Å². The maximum Gasteiger partial charge on any atom is 0.136 e. The Labute approximate surface area is 92.9 Å². The van der Waals surface area contributed by atoms with Crippen LogP contribution in [0.1, 0.15) is 46.5 Å². The molecule has 1 saturated carbocycles. The van der Waals surface area contributed by atoms with Crippen LogP contribution in [-0.2, 0) is 4.79 Å². The zero-order chi connectivity index (χ0) is 11.0. The van der Waals surface area contributed by atoms with E-state index in [9.17, 15) is 4.79 Å². The van der Waals surface area contributed by atoms with Gasteiger partial charge in [-0.3, -0.25) is 4.79 Å². The maximum absolute atomic E-state index is 12.0. The largest absolute Gasteiger partial charge is 0.299 e. The van der Waals surface area contributed by atoms with Crippen molar-refractivity contribution in [3.05, 3.63) is 11.6 Å². The van der Waals surface area contributed by atoms with Gasteiger partial charge < -0.3 is 0 Å². The first-order valence-corrected chi connectivity index (χ1v) is 6.33. The summed E-state index contributed by atoms with van der Waals surface area (Å²) < 4.78 is 0. The summed E-state index contributed by atoms with van der Waals surface area (Å²) in [6.07, 6.45) is 6.69. The van der Waals surface area contributed by atoms with Crippen molar-refractivity contribution in [2.75, 3.05) is 0 Å². The van der Waals surface area contributed by atoms with E-state index in [0.29, 0.717) is 23.5 Å². The van der Waals surface area contributed by atoms with Gasteiger partial charge in [0.05, 0.1) is 0 Å². The molecule has 0 bridgehead atoms. The Morgan fingerprint density at radius 2 is 2.20 bits per heavy atom. The molecule has 0 aliphatic heterocycles. The number of ketones is 1. The molecule has 15 heavy (non-hydrogen) atoms. The van der Waals surface area contributed by atoms with E-state index in [4.69, 9.17) is 0 Å². The number of rotatable bonds is 1. The predicted octanol–water partition coefficient (Wildman–Crippen LogP) is 3.59. The Morgan fingerprint density at radius 3 is 2.87 bits per heavy atom. The Balaban J connectivity index is 2.26. The first kappa shape index (κ1) is 10.9. The van der Waals surface area contributed by atoms with Crippen LogP contribution in [0.15, 0.2) is 11.6 Å². The predicted molar refractivity (Wildman–Crippen MR) is 62.5 cm³/mol. The van der Waals surface area contributed by atoms with Crippen LogP contribution in [0.5, 0.6) is 0 Å². The fraction of sp³-hybridized carbons (Fsp3) is 0.786. The number of carbonyl (C=O) groups excluding carboxylic acids is 1. The van der Waals surface area contributed by atoms with E-state index >= 15 is 0 Å². The fourth-order valence-corrected chi connectivity index (χ4v) is 3.72. The summed E-state index contributed by atoms with van der Waals surface area (Å²) >= 11 is 0. The van der Waals surface area contributed by atoms with E-state index in [1.165, 1.54) is 18.4 Å². The summed E-state index contributed by atoms with van der Waals surface area (Å²) in [5, 5.41) is 0. The Morgan fingerprint density at radius 1 is 1.47 bits per heavy atom. The number of Topliss-reactive ketones (excluding diaryl/α,β-unsaturated/α-hetero) is 1. The SMILES string of the molecule is CCC1CCC(=O)C2C(C)C=C(C)CC12. The molecule has 0 aromatic carbocycles. The third-order valence-corrected chi connectivity index (χ3v) is 4.40. The molecule has 0 heterocycles. The van der Waals surface area contributed by atoms with Crippen molar-refractivity contribution < 1.29 is 4.79 Å². The first-order chi connectivity index (χ1) is 7.13. The van der Waals surface area contributed by atoms with E-state index in [-0.39, 0.29) is 0 Å². The van der Waals surface area contributed by atoms with E-state index in [0.717, 1.165) is 18.8 Å². The zero-order valence-electron chi connectivity index (χ0n) is 10.1. The second-order valence-corrected chi connectivity index (χ2v) is 5.44. The van der Waals surface area contributed by atoms with E-state index in [2.05, 4.69) is 26.8 Å². The average Bonchev–Trinajstić information content (AvgIpc) is 2.17. The summed E-state index contributed by atoms with van der Waals surface area (Å²) in [7, 11) is 0. The molecule has 1 fully saturated rings. The van der Waals surface area contributed by atoms with Crippen molar-refractivity contribution in [3.63, 3.8) is 0 Å². The number of allylic oxidation sites excluding steroid dienone is 2. The Bertz CT molecular complexity index is 290. The highest BCUT2D eigenvalue weighted by atomic mass is 16.1. The van der Waals surface area contributed by atoms with E-state index < -0.39 is 0 Å². The third kappa shape index (κ3) is 1.89. The quantitative estimate of drug-likeness (QED) is 0.599. The summed E-state index contributed by atoms with van der Waals surface area (Å²) in [6.45, 7) is 6.71. The molecule has 4 atom stereocenters. The molecule has 0 aromatic rings. The van der Waals surface area contributed by atoms with Gasteiger partial charge in [0.25, 0.3) is 0 Å². The van der Waals surface area contributed by atoms with Crippen LogP contribution in [0.25, 0.3) is 0 Å². The van der Waals surface area contributed by atoms with Gasteiger partial charge in [0, 0.05) is 12.3 Å². The van der Waals surface area contributed by atoms with Crippen LogP contribution < -0.4 is 0 Å². The number of carbonyl (C=O) groups is 1. The highest BCUT2D eigenvalue weighted by Gasteiger charge is 2.41. The lowest BCUT2D eigenvalue weighted by Crippen LogP contribution is -2.40. The first-order valence-electron chi connectivity index (χ1n) is 6.33. The van der Waals surface area contributed by atoms with Gasteiger partial charge in [-0.2, -0.15) is 0 Å². The maximum atomic E-state index is 12.0. The van der Waals surface area contributed by atoms with Crippen molar-refractivity contribution in [2.45, 2.75) is 46.5 Å². The van der Waals surface area contributed by atoms with Gasteiger partial charge in [0.15, 0.2) is 0 Å². The topological polar surface area (TPSA) is 17.1 Å². The average molecular weight is 206 g/mol. The van der Waals surface area contributed by atoms with Crippen molar-refractivity contribution in [3.8, 4) is 0 Å². The molecule has 4 unspecified atom stereocenters. The molecule has 0 amide bonds. The van der Waals surface area contributed by atoms with Crippen molar-refractivity contribution >= 4 is 5.78 Å². The molecule has 84 valence electrons. The molecule has 2 aliphatic carbocycles. The fourth-order valence-electron chi connectivity index (χ4n) is 3.72. The second kappa shape index (κ2) is 4.11. The smallest absolute Gasteiger partial charge is 0.136 e. The van der Waals surface area contributed by atoms with Gasteiger partial charge in [-0.1, -0.05) is 31.9 Å². The van der Waals surface area contributed by atoms with Crippen LogP contribution >= 0.6 is 0 Å². The summed E-state index contributed by atoms with van der Waals surface area (Å²) in [4.78, 5) is 12.0. The molecule has 2 aliphatic rings. The zero-order valence-corrected chi connectivity index (χ0v) is 10.1. The molecule has 1 heteroatoms. The lowest BCUT2D eigenvalue weighted by atomic mass is 9.61. The molecular weight excluding hydrogens is 184 g/mol. The standard InChI is InChI=1S/C14H22O/c1-4-11-5-6-13(15)14-10(3)7-9(2)8-12(11)14/h7,10-12,14H,4-6,8H2,1-3H3. The van der Waals surface area contributed by atoms with Crippen molar-refractivity contribution in [1.82, 2.24) is 0 Å². The lowest BCUT2D eigenvalue weighted by molar-refractivity contribution is -0.130. The Hall–Kier alpha value is -0.590. The van der Waals surface area contributed by atoms with Crippen LogP contribution in [0.3, 0.4) is 0 Å². The molecule has 2 rings (SSSR count). The van der Waals surface area contributed by atoms with Crippen LogP contribution in [-0.4, -0.2) is 5.78 Å². The summed E-state index contributed by atoms with van der Waals surface area (Å²) in [6, 6.07) is 0. The van der Waals surface area contributed by atoms with E-state index in [1.54, 1.807) is 0 Å². The number of hydrogen-bond acceptors (Lipinski definition) is 1. The monoisotopic (exact) mass is 206 g/mol. The van der Waals surface area contributed by atoms with Crippen LogP contribution in [0.4, 0.5) is 0 Å². The molecular formula is C14H22O. The molecule has 0 aromatic heterocycles. The minimum absolute atomic E-state index is 0.340. The highest BCUT2D eigenvalue weighted by molar-refractivity contribution is 5.83. The van der Waals surface area contributed by atoms with Crippen molar-refractivity contribution in [2.24, 2.45) is 23.7 Å². The number of hydrogen-bond donors (Lipinski definition) is 0. The van der Waals surface area contributed by atoms with Gasteiger partial charge >= 0.3 is 0 Å². The summed E-state index contributed by atoms with van der Waals surface area (Å²) in [5.41, 5.74) is 1.50. The van der Waals surface area contributed by atoms with Crippen LogP contribution in [0.2, 0.25) is 0 Å². The normalized spacial score (nSPS) is 41.0. The van der Waals surface area contributed by atoms with Crippen molar-refractivity contribution in [1.29, 1.82) is 0 Å². The van der Waals surface area contributed by atoms with Crippen LogP contribution in [0, 0.1) is 23.7 Å². The van der Waals surface area contributed by atoms with Gasteiger partial charge in [0.1, 0.15) is 5.78 Å².